The predicted molar refractivity (Wildman–Crippen MR) is 73.4 cm³/mol. The van der Waals surface area contributed by atoms with E-state index in [0.717, 1.165) is 0 Å². The number of primary sulfonamides is 1. The van der Waals surface area contributed by atoms with Gasteiger partial charge in [0.25, 0.3) is 0 Å². The van der Waals surface area contributed by atoms with E-state index in [0.29, 0.717) is 5.56 Å². The first kappa shape index (κ1) is 14.3. The van der Waals surface area contributed by atoms with Gasteiger partial charge in [-0.1, -0.05) is 6.07 Å². The number of nitrogen functional groups attached to an aromatic ring is 1. The van der Waals surface area contributed by atoms with Gasteiger partial charge in [-0.3, -0.25) is 0 Å². The van der Waals surface area contributed by atoms with Crippen LogP contribution in [-0.2, 0) is 10.0 Å². The van der Waals surface area contributed by atoms with Gasteiger partial charge in [0, 0.05) is 12.1 Å². The van der Waals surface area contributed by atoms with Gasteiger partial charge in [-0.2, -0.15) is 0 Å². The van der Waals surface area contributed by atoms with Crippen LogP contribution >= 0.6 is 0 Å². The van der Waals surface area contributed by atoms with Gasteiger partial charge in [0.1, 0.15) is 22.2 Å². The molecule has 106 valence electrons. The number of halogens is 1. The maximum absolute atomic E-state index is 13.4. The van der Waals surface area contributed by atoms with E-state index in [1.54, 1.807) is 19.1 Å². The maximum atomic E-state index is 13.4. The molecule has 2 aromatic rings. The average molecular weight is 296 g/mol. The molecule has 0 bridgehead atoms. The third-order valence-corrected chi connectivity index (χ3v) is 3.65. The van der Waals surface area contributed by atoms with Crippen LogP contribution < -0.4 is 15.6 Å². The van der Waals surface area contributed by atoms with Crippen molar-refractivity contribution in [3.63, 3.8) is 0 Å². The molecule has 0 spiro atoms. The summed E-state index contributed by atoms with van der Waals surface area (Å²) in [5, 5.41) is 5.00. The zero-order valence-electron chi connectivity index (χ0n) is 10.6. The third-order valence-electron chi connectivity index (χ3n) is 2.67. The number of aryl methyl sites for hydroxylation is 1. The van der Waals surface area contributed by atoms with Crippen molar-refractivity contribution in [3.8, 4) is 11.5 Å². The molecule has 0 atom stereocenters. The number of hydrogen-bond acceptors (Lipinski definition) is 4. The molecule has 0 aromatic heterocycles. The molecule has 5 nitrogen and oxygen atoms in total. The second-order valence-corrected chi connectivity index (χ2v) is 5.79. The van der Waals surface area contributed by atoms with Gasteiger partial charge in [-0.05, 0) is 30.7 Å². The number of benzene rings is 2. The molecule has 0 amide bonds. The van der Waals surface area contributed by atoms with E-state index in [4.69, 9.17) is 15.6 Å². The molecule has 2 aromatic carbocycles. The molecule has 0 unspecified atom stereocenters. The van der Waals surface area contributed by atoms with Crippen molar-refractivity contribution < 1.29 is 17.5 Å². The van der Waals surface area contributed by atoms with Crippen LogP contribution in [0.25, 0.3) is 0 Å². The van der Waals surface area contributed by atoms with Crippen LogP contribution in [0, 0.1) is 12.7 Å². The Kier molecular flexibility index (Phi) is 3.65. The third kappa shape index (κ3) is 3.06. The molecule has 0 fully saturated rings. The van der Waals surface area contributed by atoms with E-state index in [1.165, 1.54) is 24.3 Å². The zero-order valence-corrected chi connectivity index (χ0v) is 11.4. The van der Waals surface area contributed by atoms with Gasteiger partial charge < -0.3 is 10.5 Å². The highest BCUT2D eigenvalue weighted by Gasteiger charge is 2.13. The fourth-order valence-electron chi connectivity index (χ4n) is 1.62. The minimum Gasteiger partial charge on any atom is -0.457 e. The number of sulfonamides is 1. The SMILES string of the molecule is Cc1ccc(Oc2ccc(S(N)(=O)=O)c(N)c2)cc1F. The number of rotatable bonds is 3. The molecule has 4 N–H and O–H groups in total. The Morgan fingerprint density at radius 1 is 1.10 bits per heavy atom. The Morgan fingerprint density at radius 2 is 1.70 bits per heavy atom. The lowest BCUT2D eigenvalue weighted by Gasteiger charge is -2.09. The fraction of sp³-hybridized carbons (Fsp3) is 0.0769. The lowest BCUT2D eigenvalue weighted by atomic mass is 10.2. The largest absolute Gasteiger partial charge is 0.457 e. The number of nitrogens with two attached hydrogens (primary N) is 2. The Balaban J connectivity index is 2.31. The first-order chi connectivity index (χ1) is 9.27. The Bertz CT molecular complexity index is 760. The number of anilines is 1. The normalized spacial score (nSPS) is 11.3. The summed E-state index contributed by atoms with van der Waals surface area (Å²) in [5.74, 6) is 0.186. The van der Waals surface area contributed by atoms with Crippen LogP contribution in [0.15, 0.2) is 41.3 Å². The van der Waals surface area contributed by atoms with Gasteiger partial charge in [-0.25, -0.2) is 17.9 Å². The number of ether oxygens (including phenoxy) is 1. The second-order valence-electron chi connectivity index (χ2n) is 4.26. The van der Waals surface area contributed by atoms with Gasteiger partial charge in [0.2, 0.25) is 10.0 Å². The molecule has 20 heavy (non-hydrogen) atoms. The van der Waals surface area contributed by atoms with Crippen molar-refractivity contribution in [3.05, 3.63) is 47.8 Å². The van der Waals surface area contributed by atoms with Crippen LogP contribution in [0.1, 0.15) is 5.56 Å². The van der Waals surface area contributed by atoms with E-state index >= 15 is 0 Å². The summed E-state index contributed by atoms with van der Waals surface area (Å²) in [5.41, 5.74) is 6.07. The molecule has 0 saturated carbocycles. The lowest BCUT2D eigenvalue weighted by Crippen LogP contribution is -2.14. The van der Waals surface area contributed by atoms with E-state index in [2.05, 4.69) is 0 Å². The van der Waals surface area contributed by atoms with Crippen LogP contribution in [-0.4, -0.2) is 8.42 Å². The highest BCUT2D eigenvalue weighted by Crippen LogP contribution is 2.27. The average Bonchev–Trinajstić information content (AvgIpc) is 2.32. The first-order valence-electron chi connectivity index (χ1n) is 5.64. The summed E-state index contributed by atoms with van der Waals surface area (Å²) >= 11 is 0. The van der Waals surface area contributed by atoms with Crippen LogP contribution in [0.4, 0.5) is 10.1 Å². The topological polar surface area (TPSA) is 95.4 Å². The summed E-state index contributed by atoms with van der Waals surface area (Å²) in [6.07, 6.45) is 0. The Labute approximate surface area is 116 Å². The van der Waals surface area contributed by atoms with E-state index in [1.807, 2.05) is 0 Å². The van der Waals surface area contributed by atoms with Crippen molar-refractivity contribution in [1.82, 2.24) is 0 Å². The second kappa shape index (κ2) is 5.10. The van der Waals surface area contributed by atoms with Crippen molar-refractivity contribution in [2.45, 2.75) is 11.8 Å². The van der Waals surface area contributed by atoms with Crippen LogP contribution in [0.3, 0.4) is 0 Å². The Hall–Kier alpha value is -2.12. The van der Waals surface area contributed by atoms with Gasteiger partial charge in [0.05, 0.1) is 5.69 Å². The van der Waals surface area contributed by atoms with Crippen LogP contribution in [0.2, 0.25) is 0 Å². The van der Waals surface area contributed by atoms with E-state index in [-0.39, 0.29) is 22.1 Å². The summed E-state index contributed by atoms with van der Waals surface area (Å²) in [6, 6.07) is 8.37. The van der Waals surface area contributed by atoms with Gasteiger partial charge in [-0.15, -0.1) is 0 Å². The van der Waals surface area contributed by atoms with Crippen molar-refractivity contribution in [2.75, 3.05) is 5.73 Å². The molecule has 0 aliphatic rings. The lowest BCUT2D eigenvalue weighted by molar-refractivity contribution is 0.476. The monoisotopic (exact) mass is 296 g/mol. The first-order valence-corrected chi connectivity index (χ1v) is 7.18. The molecule has 0 aliphatic heterocycles. The fourth-order valence-corrected chi connectivity index (χ4v) is 2.27. The maximum Gasteiger partial charge on any atom is 0.240 e. The van der Waals surface area contributed by atoms with Crippen molar-refractivity contribution in [1.29, 1.82) is 0 Å². The molecule has 0 heterocycles. The molecule has 0 saturated heterocycles. The summed E-state index contributed by atoms with van der Waals surface area (Å²) < 4.78 is 41.2. The van der Waals surface area contributed by atoms with Crippen molar-refractivity contribution >= 4 is 15.7 Å². The van der Waals surface area contributed by atoms with Gasteiger partial charge in [0.15, 0.2) is 0 Å². The van der Waals surface area contributed by atoms with Gasteiger partial charge >= 0.3 is 0 Å². The van der Waals surface area contributed by atoms with E-state index in [9.17, 15) is 12.8 Å². The molecule has 7 heteroatoms. The summed E-state index contributed by atoms with van der Waals surface area (Å²) in [6.45, 7) is 1.64. The Morgan fingerprint density at radius 3 is 2.25 bits per heavy atom. The minimum atomic E-state index is -3.88. The molecule has 0 aliphatic carbocycles. The molecular formula is C13H13FN2O3S. The van der Waals surface area contributed by atoms with Crippen LogP contribution in [0.5, 0.6) is 11.5 Å². The quantitative estimate of drug-likeness (QED) is 0.848. The number of hydrogen-bond donors (Lipinski definition) is 2. The predicted octanol–water partition coefficient (Wildman–Crippen LogP) is 2.16. The highest BCUT2D eigenvalue weighted by atomic mass is 32.2. The molecular weight excluding hydrogens is 283 g/mol. The smallest absolute Gasteiger partial charge is 0.240 e. The van der Waals surface area contributed by atoms with E-state index < -0.39 is 15.8 Å². The highest BCUT2D eigenvalue weighted by molar-refractivity contribution is 7.89. The summed E-state index contributed by atoms with van der Waals surface area (Å²) in [7, 11) is -3.88. The molecule has 2 rings (SSSR count). The zero-order chi connectivity index (χ0) is 14.9. The summed E-state index contributed by atoms with van der Waals surface area (Å²) in [4.78, 5) is -0.181. The standard InChI is InChI=1S/C13H13FN2O3S/c1-8-2-3-9(6-11(8)14)19-10-4-5-13(12(15)7-10)20(16,17)18/h2-7H,15H2,1H3,(H2,16,17,18). The minimum absolute atomic E-state index is 0.0300. The molecule has 0 radical (unpaired) electrons. The van der Waals surface area contributed by atoms with Crippen molar-refractivity contribution in [2.24, 2.45) is 5.14 Å².